The first kappa shape index (κ1) is 52.8. The quantitative estimate of drug-likeness (QED) is 0.0326. The van der Waals surface area contributed by atoms with Crippen molar-refractivity contribution in [2.24, 2.45) is 0 Å². The Bertz CT molecular complexity index is 1140. The van der Waals surface area contributed by atoms with Crippen molar-refractivity contribution in [1.29, 1.82) is 0 Å². The lowest BCUT2D eigenvalue weighted by atomic mass is 10.0. The molecule has 0 fully saturated rings. The van der Waals surface area contributed by atoms with Crippen LogP contribution in [-0.2, 0) is 14.9 Å². The van der Waals surface area contributed by atoms with Gasteiger partial charge in [-0.3, -0.25) is 9.35 Å². The molecule has 0 aliphatic rings. The van der Waals surface area contributed by atoms with Crippen molar-refractivity contribution in [3.05, 3.63) is 72.9 Å². The highest BCUT2D eigenvalue weighted by molar-refractivity contribution is 7.85. The lowest BCUT2D eigenvalue weighted by molar-refractivity contribution is -0.122. The van der Waals surface area contributed by atoms with Crippen molar-refractivity contribution in [3.63, 3.8) is 0 Å². The average molecular weight is 788 g/mol. The van der Waals surface area contributed by atoms with Gasteiger partial charge in [0.1, 0.15) is 0 Å². The molecule has 0 aliphatic heterocycles. The Balaban J connectivity index is 3.91. The van der Waals surface area contributed by atoms with E-state index in [0.717, 1.165) is 83.5 Å². The Morgan fingerprint density at radius 2 is 0.873 bits per heavy atom. The number of nitrogens with one attached hydrogen (secondary N) is 1. The number of aliphatic hydroxyl groups excluding tert-OH is 1. The summed E-state index contributed by atoms with van der Waals surface area (Å²) in [5.41, 5.74) is 0. The summed E-state index contributed by atoms with van der Waals surface area (Å²) < 4.78 is 32.6. The lowest BCUT2D eigenvalue weighted by Gasteiger charge is -2.23. The van der Waals surface area contributed by atoms with Crippen molar-refractivity contribution in [3.8, 4) is 0 Å². The maximum atomic E-state index is 12.6. The summed E-state index contributed by atoms with van der Waals surface area (Å²) in [5, 5.41) is 13.4. The van der Waals surface area contributed by atoms with Crippen LogP contribution in [0.1, 0.15) is 206 Å². The van der Waals surface area contributed by atoms with Gasteiger partial charge >= 0.3 is 0 Å². The molecule has 318 valence electrons. The Hall–Kier alpha value is -2.22. The summed E-state index contributed by atoms with van der Waals surface area (Å²) >= 11 is 0. The monoisotopic (exact) mass is 788 g/mol. The van der Waals surface area contributed by atoms with E-state index in [2.05, 4.69) is 92.1 Å². The van der Waals surface area contributed by atoms with Crippen LogP contribution in [0, 0.1) is 0 Å². The molecule has 0 aromatic carbocycles. The Morgan fingerprint density at radius 3 is 1.29 bits per heavy atom. The summed E-state index contributed by atoms with van der Waals surface area (Å²) in [4.78, 5) is 12.6. The van der Waals surface area contributed by atoms with E-state index >= 15 is 0 Å². The molecule has 0 heterocycles. The first-order valence-corrected chi connectivity index (χ1v) is 24.2. The minimum Gasteiger partial charge on any atom is -0.391 e. The second-order valence-corrected chi connectivity index (χ2v) is 16.8. The molecule has 7 heteroatoms. The van der Waals surface area contributed by atoms with E-state index in [1.807, 2.05) is 0 Å². The van der Waals surface area contributed by atoms with Gasteiger partial charge in [0.2, 0.25) is 5.91 Å². The number of carbonyl (C=O) groups is 1. The fraction of sp³-hybridized carbons (Fsp3) is 0.729. The predicted molar refractivity (Wildman–Crippen MR) is 239 cm³/mol. The molecule has 2 atom stereocenters. The fourth-order valence-corrected chi connectivity index (χ4v) is 7.33. The zero-order valence-corrected chi connectivity index (χ0v) is 36.3. The molecule has 0 aliphatic carbocycles. The van der Waals surface area contributed by atoms with Crippen molar-refractivity contribution >= 4 is 16.0 Å². The van der Waals surface area contributed by atoms with Crippen molar-refractivity contribution < 1.29 is 22.9 Å². The summed E-state index contributed by atoms with van der Waals surface area (Å²) in [6, 6.07) is -0.989. The number of unbranched alkanes of at least 4 members (excludes halogenated alkanes) is 20. The number of carbonyl (C=O) groups excluding carboxylic acids is 1. The van der Waals surface area contributed by atoms with Gasteiger partial charge in [0.15, 0.2) is 0 Å². The molecular formula is C48H85NO5S. The molecule has 0 rings (SSSR count). The van der Waals surface area contributed by atoms with Crippen LogP contribution >= 0.6 is 0 Å². The van der Waals surface area contributed by atoms with Gasteiger partial charge in [-0.25, -0.2) is 0 Å². The molecule has 0 radical (unpaired) electrons. The second-order valence-electron chi connectivity index (χ2n) is 15.3. The number of aliphatic hydroxyl groups is 1. The van der Waals surface area contributed by atoms with Gasteiger partial charge in [-0.1, -0.05) is 209 Å². The third-order valence-electron chi connectivity index (χ3n) is 9.93. The van der Waals surface area contributed by atoms with Crippen LogP contribution in [0.3, 0.4) is 0 Å². The van der Waals surface area contributed by atoms with Crippen molar-refractivity contribution in [2.75, 3.05) is 5.75 Å². The van der Waals surface area contributed by atoms with Gasteiger partial charge in [0.25, 0.3) is 10.1 Å². The van der Waals surface area contributed by atoms with E-state index in [0.29, 0.717) is 12.8 Å². The lowest BCUT2D eigenvalue weighted by Crippen LogP contribution is -2.47. The SMILES string of the molecule is CC/C=C\C/C=C\C/C=C\C/C=C\C/C=C\C/C=C\CCCCCCC(=O)NC(CS(=O)(=O)O)C(O)CCCCCCCCCCCCCCCCCCC. The van der Waals surface area contributed by atoms with E-state index in [4.69, 9.17) is 0 Å². The van der Waals surface area contributed by atoms with E-state index in [1.165, 1.54) is 89.9 Å². The first-order chi connectivity index (χ1) is 26.8. The van der Waals surface area contributed by atoms with Gasteiger partial charge in [0.05, 0.1) is 17.9 Å². The number of rotatable bonds is 40. The van der Waals surface area contributed by atoms with Gasteiger partial charge in [-0.2, -0.15) is 8.42 Å². The van der Waals surface area contributed by atoms with E-state index in [1.54, 1.807) is 0 Å². The van der Waals surface area contributed by atoms with Crippen LogP contribution in [0.2, 0.25) is 0 Å². The van der Waals surface area contributed by atoms with Crippen LogP contribution < -0.4 is 5.32 Å². The minimum absolute atomic E-state index is 0.271. The average Bonchev–Trinajstić information content (AvgIpc) is 3.15. The molecule has 1 amide bonds. The third-order valence-corrected chi connectivity index (χ3v) is 10.7. The van der Waals surface area contributed by atoms with Gasteiger partial charge in [0, 0.05) is 6.42 Å². The summed E-state index contributed by atoms with van der Waals surface area (Å²) in [6.45, 7) is 4.42. The molecule has 0 saturated carbocycles. The first-order valence-electron chi connectivity index (χ1n) is 22.6. The summed E-state index contributed by atoms with van der Waals surface area (Å²) in [5.74, 6) is -0.933. The molecule has 3 N–H and O–H groups in total. The van der Waals surface area contributed by atoms with Crippen molar-refractivity contribution in [1.82, 2.24) is 5.32 Å². The van der Waals surface area contributed by atoms with Crippen LogP contribution in [0.4, 0.5) is 0 Å². The number of hydrogen-bond acceptors (Lipinski definition) is 4. The Kier molecular flexibility index (Phi) is 39.7. The molecule has 55 heavy (non-hydrogen) atoms. The van der Waals surface area contributed by atoms with E-state index < -0.39 is 28.0 Å². The zero-order valence-electron chi connectivity index (χ0n) is 35.5. The normalized spacial score (nSPS) is 13.9. The van der Waals surface area contributed by atoms with Crippen LogP contribution in [0.15, 0.2) is 72.9 Å². The largest absolute Gasteiger partial charge is 0.391 e. The van der Waals surface area contributed by atoms with Crippen LogP contribution in [0.25, 0.3) is 0 Å². The van der Waals surface area contributed by atoms with E-state index in [-0.39, 0.29) is 12.3 Å². The molecule has 0 aromatic rings. The maximum absolute atomic E-state index is 12.6. The highest BCUT2D eigenvalue weighted by Crippen LogP contribution is 2.16. The highest BCUT2D eigenvalue weighted by Gasteiger charge is 2.26. The predicted octanol–water partition coefficient (Wildman–Crippen LogP) is 13.8. The second kappa shape index (κ2) is 41.4. The third kappa shape index (κ3) is 42.8. The van der Waals surface area contributed by atoms with E-state index in [9.17, 15) is 22.9 Å². The summed E-state index contributed by atoms with van der Waals surface area (Å²) in [6.07, 6.45) is 58.5. The standard InChI is InChI=1S/C48H85NO5S/c1-3-5-7-9-11-13-15-17-19-21-22-23-24-25-26-28-30-32-34-36-38-40-42-44-48(51)49-46(45-55(52,53)54)47(50)43-41-39-37-35-33-31-29-27-20-18-16-14-12-10-8-6-4-2/h5,7,11,13,17,19,22-23,25-26,30,32,46-47,50H,3-4,6,8-10,12,14-16,18,20-21,24,27-29,31,33-45H2,1-2H3,(H,49,51)(H,52,53,54)/b7-5-,13-11-,19-17-,23-22-,26-25-,32-30-. The van der Waals surface area contributed by atoms with Crippen LogP contribution in [0.5, 0.6) is 0 Å². The number of hydrogen-bond donors (Lipinski definition) is 3. The molecule has 0 bridgehead atoms. The molecule has 0 aromatic heterocycles. The highest BCUT2D eigenvalue weighted by atomic mass is 32.2. The van der Waals surface area contributed by atoms with Crippen LogP contribution in [-0.4, -0.2) is 41.9 Å². The van der Waals surface area contributed by atoms with Gasteiger partial charge < -0.3 is 10.4 Å². The number of amides is 1. The zero-order chi connectivity index (χ0) is 40.3. The summed E-state index contributed by atoms with van der Waals surface area (Å²) in [7, 11) is -4.33. The van der Waals surface area contributed by atoms with Crippen molar-refractivity contribution in [2.45, 2.75) is 219 Å². The molecular weight excluding hydrogens is 703 g/mol. The topological polar surface area (TPSA) is 104 Å². The Morgan fingerprint density at radius 1 is 0.509 bits per heavy atom. The smallest absolute Gasteiger partial charge is 0.266 e. The Labute approximate surface area is 340 Å². The maximum Gasteiger partial charge on any atom is 0.266 e. The van der Waals surface area contributed by atoms with Gasteiger partial charge in [-0.05, 0) is 64.2 Å². The fourth-order valence-electron chi connectivity index (χ4n) is 6.58. The molecule has 6 nitrogen and oxygen atoms in total. The molecule has 2 unspecified atom stereocenters. The number of allylic oxidation sites excluding steroid dienone is 12. The van der Waals surface area contributed by atoms with Gasteiger partial charge in [-0.15, -0.1) is 0 Å². The molecule has 0 spiro atoms. The minimum atomic E-state index is -4.33. The molecule has 0 saturated heterocycles.